The van der Waals surface area contributed by atoms with E-state index in [1.54, 1.807) is 11.3 Å². The van der Waals surface area contributed by atoms with Crippen LogP contribution in [-0.2, 0) is 10.8 Å². The molecular weight excluding hydrogens is 402 g/mol. The third-order valence-electron chi connectivity index (χ3n) is 5.65. The van der Waals surface area contributed by atoms with E-state index in [1.807, 2.05) is 6.07 Å². The summed E-state index contributed by atoms with van der Waals surface area (Å²) in [6.45, 7) is 13.3. The maximum atomic E-state index is 6.05. The third kappa shape index (κ3) is 3.68. The molecule has 0 fully saturated rings. The number of aromatic amines is 1. The lowest BCUT2D eigenvalue weighted by Crippen LogP contribution is -2.10. The molecule has 0 aliphatic heterocycles. The maximum Gasteiger partial charge on any atom is 0.237 e. The van der Waals surface area contributed by atoms with Gasteiger partial charge in [0.25, 0.3) is 0 Å². The number of fused-ring (bicyclic) bond motifs is 2. The first-order chi connectivity index (χ1) is 14.6. The number of imidazole rings is 1. The second kappa shape index (κ2) is 6.79. The molecule has 158 valence electrons. The number of hydrogen-bond acceptors (Lipinski definition) is 4. The number of aromatic nitrogens is 3. The number of benzene rings is 2. The molecule has 0 spiro atoms. The number of oxazole rings is 1. The van der Waals surface area contributed by atoms with Gasteiger partial charge in [0.05, 0.1) is 20.8 Å². The SMILES string of the molecule is CC(C)(C)c1ccc2oc(-c3ccc(-c4nc5ccc(C(C)(C)C)cc5[nH]4)s3)nc2c1. The molecule has 0 bridgehead atoms. The molecule has 31 heavy (non-hydrogen) atoms. The van der Waals surface area contributed by atoms with Gasteiger partial charge in [0.2, 0.25) is 5.89 Å². The van der Waals surface area contributed by atoms with Crippen molar-refractivity contribution in [2.24, 2.45) is 0 Å². The van der Waals surface area contributed by atoms with Crippen molar-refractivity contribution < 1.29 is 4.42 Å². The Balaban J connectivity index is 1.50. The zero-order valence-electron chi connectivity index (χ0n) is 18.8. The molecule has 3 heterocycles. The topological polar surface area (TPSA) is 54.7 Å². The normalized spacial score (nSPS) is 12.8. The molecular formula is C26H27N3OS. The van der Waals surface area contributed by atoms with E-state index < -0.39 is 0 Å². The Kier molecular flexibility index (Phi) is 4.38. The maximum absolute atomic E-state index is 6.05. The van der Waals surface area contributed by atoms with Crippen LogP contribution < -0.4 is 0 Å². The van der Waals surface area contributed by atoms with E-state index in [1.165, 1.54) is 11.1 Å². The standard InChI is InChI=1S/C26H27N3OS/c1-25(2,3)15-7-9-17-18(13-15)28-23(27-17)21-11-12-22(31-21)24-29-19-14-16(26(4,5)6)8-10-20(19)30-24/h7-14H,1-6H3,(H,27,28). The summed E-state index contributed by atoms with van der Waals surface area (Å²) in [5, 5.41) is 0. The van der Waals surface area contributed by atoms with Crippen molar-refractivity contribution in [1.29, 1.82) is 0 Å². The average molecular weight is 430 g/mol. The van der Waals surface area contributed by atoms with Gasteiger partial charge in [-0.3, -0.25) is 0 Å². The van der Waals surface area contributed by atoms with Crippen LogP contribution in [0.1, 0.15) is 52.7 Å². The lowest BCUT2D eigenvalue weighted by Gasteiger charge is -2.18. The van der Waals surface area contributed by atoms with Gasteiger partial charge in [-0.15, -0.1) is 11.3 Å². The first-order valence-electron chi connectivity index (χ1n) is 10.6. The number of nitrogens with zero attached hydrogens (tertiary/aromatic N) is 2. The van der Waals surface area contributed by atoms with Gasteiger partial charge >= 0.3 is 0 Å². The monoisotopic (exact) mass is 429 g/mol. The average Bonchev–Trinajstić information content (AvgIpc) is 3.41. The molecule has 0 atom stereocenters. The van der Waals surface area contributed by atoms with Crippen molar-refractivity contribution >= 4 is 33.5 Å². The fraction of sp³-hybridized carbons (Fsp3) is 0.308. The molecule has 0 aliphatic rings. The van der Waals surface area contributed by atoms with Crippen molar-refractivity contribution in [3.05, 3.63) is 59.7 Å². The highest BCUT2D eigenvalue weighted by Crippen LogP contribution is 2.36. The minimum atomic E-state index is 0.0809. The van der Waals surface area contributed by atoms with Gasteiger partial charge in [0, 0.05) is 0 Å². The van der Waals surface area contributed by atoms with Crippen LogP contribution in [0.4, 0.5) is 0 Å². The second-order valence-corrected chi connectivity index (χ2v) is 11.3. The Morgan fingerprint density at radius 1 is 0.742 bits per heavy atom. The largest absolute Gasteiger partial charge is 0.435 e. The van der Waals surface area contributed by atoms with Crippen molar-refractivity contribution in [3.8, 4) is 21.5 Å². The minimum absolute atomic E-state index is 0.0809. The van der Waals surface area contributed by atoms with Crippen molar-refractivity contribution in [2.45, 2.75) is 52.4 Å². The molecule has 4 nitrogen and oxygen atoms in total. The molecule has 5 heteroatoms. The van der Waals surface area contributed by atoms with Gasteiger partial charge in [-0.25, -0.2) is 9.97 Å². The van der Waals surface area contributed by atoms with E-state index in [-0.39, 0.29) is 10.8 Å². The Hall–Kier alpha value is -2.92. The van der Waals surface area contributed by atoms with Crippen molar-refractivity contribution in [1.82, 2.24) is 15.0 Å². The van der Waals surface area contributed by atoms with Crippen LogP contribution in [0, 0.1) is 0 Å². The molecule has 5 rings (SSSR count). The third-order valence-corrected chi connectivity index (χ3v) is 6.73. The van der Waals surface area contributed by atoms with Gasteiger partial charge in [-0.2, -0.15) is 0 Å². The van der Waals surface area contributed by atoms with Gasteiger partial charge < -0.3 is 9.40 Å². The van der Waals surface area contributed by atoms with Gasteiger partial charge in [0.1, 0.15) is 11.3 Å². The Morgan fingerprint density at radius 3 is 2.16 bits per heavy atom. The molecule has 2 aromatic carbocycles. The van der Waals surface area contributed by atoms with E-state index >= 15 is 0 Å². The molecule has 3 aromatic heterocycles. The van der Waals surface area contributed by atoms with Crippen LogP contribution in [0.25, 0.3) is 43.6 Å². The zero-order chi connectivity index (χ0) is 22.0. The second-order valence-electron chi connectivity index (χ2n) is 10.2. The highest BCUT2D eigenvalue weighted by Gasteiger charge is 2.18. The van der Waals surface area contributed by atoms with Gasteiger partial charge in [0.15, 0.2) is 5.58 Å². The first kappa shape index (κ1) is 20.0. The summed E-state index contributed by atoms with van der Waals surface area (Å²) < 4.78 is 6.05. The number of hydrogen-bond donors (Lipinski definition) is 1. The molecule has 0 saturated carbocycles. The Bertz CT molecular complexity index is 1300. The van der Waals surface area contributed by atoms with E-state index in [9.17, 15) is 0 Å². The van der Waals surface area contributed by atoms with Crippen molar-refractivity contribution in [3.63, 3.8) is 0 Å². The van der Waals surface area contributed by atoms with Crippen LogP contribution in [0.2, 0.25) is 0 Å². The van der Waals surface area contributed by atoms with Crippen LogP contribution in [0.15, 0.2) is 52.9 Å². The van der Waals surface area contributed by atoms with Crippen molar-refractivity contribution in [2.75, 3.05) is 0 Å². The molecule has 0 radical (unpaired) electrons. The van der Waals surface area contributed by atoms with Gasteiger partial charge in [-0.05, 0) is 58.4 Å². The molecule has 0 aliphatic carbocycles. The molecule has 5 aromatic rings. The summed E-state index contributed by atoms with van der Waals surface area (Å²) >= 11 is 1.64. The van der Waals surface area contributed by atoms with E-state index in [0.717, 1.165) is 37.7 Å². The molecule has 0 amide bonds. The highest BCUT2D eigenvalue weighted by atomic mass is 32.1. The molecule has 1 N–H and O–H groups in total. The number of rotatable bonds is 2. The Labute approximate surface area is 186 Å². The molecule has 0 saturated heterocycles. The van der Waals surface area contributed by atoms with E-state index in [2.05, 4.69) is 89.0 Å². The smallest absolute Gasteiger partial charge is 0.237 e. The predicted octanol–water partition coefficient (Wildman–Crippen LogP) is 7.69. The summed E-state index contributed by atoms with van der Waals surface area (Å²) in [4.78, 5) is 15.1. The summed E-state index contributed by atoms with van der Waals surface area (Å²) in [6.07, 6.45) is 0. The summed E-state index contributed by atoms with van der Waals surface area (Å²) in [7, 11) is 0. The van der Waals surface area contributed by atoms with Crippen LogP contribution in [-0.4, -0.2) is 15.0 Å². The van der Waals surface area contributed by atoms with Gasteiger partial charge in [-0.1, -0.05) is 53.7 Å². The number of thiophene rings is 1. The quantitative estimate of drug-likeness (QED) is 0.313. The van der Waals surface area contributed by atoms with Crippen LogP contribution in [0.5, 0.6) is 0 Å². The molecule has 0 unspecified atom stereocenters. The summed E-state index contributed by atoms with van der Waals surface area (Å²) in [5.41, 5.74) is 6.50. The first-order valence-corrected chi connectivity index (χ1v) is 11.4. The fourth-order valence-electron chi connectivity index (χ4n) is 3.67. The number of nitrogens with one attached hydrogen (secondary N) is 1. The van der Waals surface area contributed by atoms with Crippen LogP contribution >= 0.6 is 11.3 Å². The fourth-order valence-corrected chi connectivity index (χ4v) is 4.55. The summed E-state index contributed by atoms with van der Waals surface area (Å²) in [6, 6.07) is 16.9. The van der Waals surface area contributed by atoms with E-state index in [0.29, 0.717) is 5.89 Å². The van der Waals surface area contributed by atoms with Crippen LogP contribution in [0.3, 0.4) is 0 Å². The number of H-pyrrole nitrogens is 1. The lowest BCUT2D eigenvalue weighted by molar-refractivity contribution is 0.590. The van der Waals surface area contributed by atoms with E-state index in [4.69, 9.17) is 14.4 Å². The lowest BCUT2D eigenvalue weighted by atomic mass is 9.87. The minimum Gasteiger partial charge on any atom is -0.435 e. The highest BCUT2D eigenvalue weighted by molar-refractivity contribution is 7.18. The zero-order valence-corrected chi connectivity index (χ0v) is 19.6. The predicted molar refractivity (Wildman–Crippen MR) is 130 cm³/mol. The summed E-state index contributed by atoms with van der Waals surface area (Å²) in [5.74, 6) is 1.53. The Morgan fingerprint density at radius 2 is 1.42 bits per heavy atom.